The zero-order chi connectivity index (χ0) is 42.6. The van der Waals surface area contributed by atoms with Crippen molar-refractivity contribution in [2.24, 2.45) is 22.9 Å². The number of alkyl halides is 1. The summed E-state index contributed by atoms with van der Waals surface area (Å²) in [7, 11) is 0. The first-order valence-electron chi connectivity index (χ1n) is 20.5. The third-order valence-electron chi connectivity index (χ3n) is 11.4. The van der Waals surface area contributed by atoms with E-state index in [1.807, 2.05) is 13.0 Å². The fourth-order valence-electron chi connectivity index (χ4n) is 8.95. The van der Waals surface area contributed by atoms with E-state index >= 15 is 0 Å². The summed E-state index contributed by atoms with van der Waals surface area (Å²) in [4.78, 5) is 32.8. The molecule has 3 aromatic rings. The fraction of sp³-hybridized carbons (Fsp3) is 0.467. The molecule has 13 nitrogen and oxygen atoms in total. The lowest BCUT2D eigenvalue weighted by Gasteiger charge is -2.59. The number of allylic oxidation sites excluding steroid dienone is 1. The van der Waals surface area contributed by atoms with Crippen LogP contribution in [0.2, 0.25) is 0 Å². The second-order valence-electron chi connectivity index (χ2n) is 15.1. The van der Waals surface area contributed by atoms with Gasteiger partial charge in [-0.15, -0.1) is 18.2 Å². The lowest BCUT2D eigenvalue weighted by Crippen LogP contribution is -2.70. The smallest absolute Gasteiger partial charge is 0.410 e. The Morgan fingerprint density at radius 2 is 1.83 bits per heavy atom. The molecule has 3 aliphatic rings. The number of benzene rings is 3. The number of fused-ring (bicyclic) bond motifs is 2. The Balaban J connectivity index is 1.59. The van der Waals surface area contributed by atoms with E-state index in [9.17, 15) is 29.5 Å². The monoisotopic (exact) mass is 849 g/mol. The van der Waals surface area contributed by atoms with Gasteiger partial charge in [0.05, 0.1) is 35.1 Å². The molecular weight excluding hydrogens is 797 g/mol. The number of nitro benzene ring substituents is 1. The number of nitro groups is 1. The predicted molar refractivity (Wildman–Crippen MR) is 224 cm³/mol. The Morgan fingerprint density at radius 1 is 1.08 bits per heavy atom. The average molecular weight is 850 g/mol. The molecular formula is C45H53ClFN3O10. The van der Waals surface area contributed by atoms with Crippen molar-refractivity contribution in [1.29, 1.82) is 0 Å². The normalized spacial score (nSPS) is 23.4. The number of carbonyl (C=O) groups excluding carboxylic acids is 1. The Bertz CT molecular complexity index is 2010. The number of oxime groups is 1. The van der Waals surface area contributed by atoms with Gasteiger partial charge in [-0.1, -0.05) is 48.3 Å². The van der Waals surface area contributed by atoms with E-state index in [4.69, 9.17) is 40.5 Å². The predicted octanol–water partition coefficient (Wildman–Crippen LogP) is 9.06. The number of hydrogen-bond acceptors (Lipinski definition) is 11. The van der Waals surface area contributed by atoms with E-state index in [0.29, 0.717) is 42.0 Å². The molecule has 2 aliphatic carbocycles. The molecule has 1 heterocycles. The number of non-ortho nitro benzene ring substituents is 1. The first-order chi connectivity index (χ1) is 29.2. The first-order valence-corrected chi connectivity index (χ1v) is 21.1. The van der Waals surface area contributed by atoms with Crippen LogP contribution in [0.4, 0.5) is 14.9 Å². The molecule has 0 radical (unpaired) electrons. The molecule has 0 aromatic heterocycles. The van der Waals surface area contributed by atoms with Crippen molar-refractivity contribution in [1.82, 2.24) is 4.90 Å². The average Bonchev–Trinajstić information content (AvgIpc) is 3.25. The highest BCUT2D eigenvalue weighted by Crippen LogP contribution is 2.62. The Hall–Kier alpha value is -5.02. The molecule has 1 amide bonds. The molecule has 0 bridgehead atoms. The zero-order valence-electron chi connectivity index (χ0n) is 33.8. The molecule has 322 valence electrons. The number of nitrogens with zero attached hydrogens (tertiary/aromatic N) is 3. The Kier molecular flexibility index (Phi) is 15.6. The number of aliphatic hydroxyl groups excluding tert-OH is 2. The summed E-state index contributed by atoms with van der Waals surface area (Å²) in [5.74, 6) is -1.78. The summed E-state index contributed by atoms with van der Waals surface area (Å²) in [6.45, 7) is 6.15. The number of hydrogen-bond donors (Lipinski definition) is 2. The molecule has 0 spiro atoms. The number of carbonyl (C=O) groups is 1. The van der Waals surface area contributed by atoms with Gasteiger partial charge in [0, 0.05) is 43.7 Å². The van der Waals surface area contributed by atoms with Gasteiger partial charge in [-0.2, -0.15) is 0 Å². The number of rotatable bonds is 21. The van der Waals surface area contributed by atoms with E-state index in [-0.39, 0.29) is 81.1 Å². The van der Waals surface area contributed by atoms with Gasteiger partial charge in [0.15, 0.2) is 0 Å². The fourth-order valence-corrected chi connectivity index (χ4v) is 9.03. The van der Waals surface area contributed by atoms with Crippen molar-refractivity contribution in [2.45, 2.75) is 76.2 Å². The summed E-state index contributed by atoms with van der Waals surface area (Å²) >= 11 is 6.02. The number of aliphatic hydroxyl groups is 2. The maximum atomic E-state index is 14.3. The minimum Gasteiger partial charge on any atom is -0.459 e. The van der Waals surface area contributed by atoms with Crippen LogP contribution < -0.4 is 9.47 Å². The number of halogens is 2. The van der Waals surface area contributed by atoms with Crippen molar-refractivity contribution in [3.8, 4) is 17.2 Å². The van der Waals surface area contributed by atoms with Crippen LogP contribution in [0.1, 0.15) is 68.9 Å². The van der Waals surface area contributed by atoms with E-state index in [2.05, 4.69) is 12.7 Å². The first kappa shape index (κ1) is 44.5. The van der Waals surface area contributed by atoms with Gasteiger partial charge in [0.25, 0.3) is 5.69 Å². The molecule has 60 heavy (non-hydrogen) atoms. The third kappa shape index (κ3) is 9.94. The molecule has 0 unspecified atom stereocenters. The van der Waals surface area contributed by atoms with Gasteiger partial charge in [0.2, 0.25) is 5.79 Å². The number of amides is 1. The van der Waals surface area contributed by atoms with Gasteiger partial charge in [-0.25, -0.2) is 9.18 Å². The van der Waals surface area contributed by atoms with Crippen molar-refractivity contribution < 1.29 is 48.1 Å². The van der Waals surface area contributed by atoms with Crippen molar-refractivity contribution in [3.63, 3.8) is 0 Å². The molecule has 0 saturated heterocycles. The maximum absolute atomic E-state index is 14.3. The second-order valence-corrected chi connectivity index (χ2v) is 15.5. The summed E-state index contributed by atoms with van der Waals surface area (Å²) in [5, 5.41) is 36.0. The lowest BCUT2D eigenvalue weighted by atomic mass is 9.55. The number of ether oxygens (including phenoxy) is 4. The summed E-state index contributed by atoms with van der Waals surface area (Å²) in [6, 6.07) is 16.4. The Morgan fingerprint density at radius 3 is 2.53 bits per heavy atom. The van der Waals surface area contributed by atoms with Crippen molar-refractivity contribution in [2.75, 3.05) is 38.9 Å². The summed E-state index contributed by atoms with van der Waals surface area (Å²) in [6.07, 6.45) is 7.45. The zero-order valence-corrected chi connectivity index (χ0v) is 34.5. The quantitative estimate of drug-likeness (QED) is 0.0348. The molecule has 2 N–H and O–H groups in total. The van der Waals surface area contributed by atoms with Crippen LogP contribution in [-0.2, 0) is 20.9 Å². The van der Waals surface area contributed by atoms with Crippen molar-refractivity contribution >= 4 is 29.1 Å². The van der Waals surface area contributed by atoms with Crippen LogP contribution in [0.25, 0.3) is 0 Å². The Labute approximate surface area is 354 Å². The summed E-state index contributed by atoms with van der Waals surface area (Å²) in [5.41, 5.74) is 2.76. The highest BCUT2D eigenvalue weighted by molar-refractivity contribution is 6.18. The minimum absolute atomic E-state index is 0.000461. The van der Waals surface area contributed by atoms with E-state index in [0.717, 1.165) is 30.4 Å². The van der Waals surface area contributed by atoms with Gasteiger partial charge < -0.3 is 34.0 Å². The van der Waals surface area contributed by atoms with Crippen LogP contribution in [-0.4, -0.2) is 82.6 Å². The van der Waals surface area contributed by atoms with Gasteiger partial charge in [-0.05, 0) is 92.0 Å². The highest BCUT2D eigenvalue weighted by atomic mass is 35.5. The SMILES string of the molecule is C=CCO[C@@]12Oc3ccc(Oc4cccc([N+](=O)[O-])c4)cc3[C@H]3[C@H](CCCCO)[C@@H](CCCCO)C=C(C(=NOCC)C[C@@H]1N(Cc1ccc(F)cc1)C(=O)OCCCl)[C@H]32. The molecule has 1 fully saturated rings. The standard InChI is InChI=1S/C45H53ClFN3O10/c1-3-23-57-45-41(49(44(53)56-24-20-46)29-30-14-16-32(47)17-15-30)28-39(48-58-4-2)37-25-31(10-5-7-21-51)36(13-6-8-22-52)42(43(37)45)38-27-35(18-19-40(38)60-45)59-34-12-9-11-33(26-34)50(54)55/h3,9,11-12,14-19,25-27,31,36,41-43,51-52H,1,4-8,10,13,20-24,28-29H2,2H3/t31-,36+,41-,42+,43+,45+/m0/s1. The lowest BCUT2D eigenvalue weighted by molar-refractivity contribution is -0.384. The van der Waals surface area contributed by atoms with Crippen LogP contribution >= 0.6 is 11.6 Å². The maximum Gasteiger partial charge on any atom is 0.410 e. The number of unbranched alkanes of at least 4 members (excludes halogenated alkanes) is 2. The molecule has 1 saturated carbocycles. The van der Waals surface area contributed by atoms with Crippen LogP contribution in [0.3, 0.4) is 0 Å². The van der Waals surface area contributed by atoms with Crippen LogP contribution in [0, 0.1) is 33.7 Å². The molecule has 1 aliphatic heterocycles. The van der Waals surface area contributed by atoms with Gasteiger partial charge in [-0.3, -0.25) is 15.0 Å². The minimum atomic E-state index is -1.57. The van der Waals surface area contributed by atoms with Crippen LogP contribution in [0.15, 0.2) is 96.2 Å². The largest absolute Gasteiger partial charge is 0.459 e. The van der Waals surface area contributed by atoms with Crippen LogP contribution in [0.5, 0.6) is 17.2 Å². The van der Waals surface area contributed by atoms with Gasteiger partial charge >= 0.3 is 6.09 Å². The van der Waals surface area contributed by atoms with E-state index in [1.54, 1.807) is 42.5 Å². The second kappa shape index (κ2) is 21.0. The summed E-state index contributed by atoms with van der Waals surface area (Å²) < 4.78 is 40.4. The molecule has 15 heteroatoms. The molecule has 6 rings (SSSR count). The van der Waals surface area contributed by atoms with E-state index in [1.165, 1.54) is 29.2 Å². The van der Waals surface area contributed by atoms with Crippen molar-refractivity contribution in [3.05, 3.63) is 118 Å². The molecule has 6 atom stereocenters. The molecule has 3 aromatic carbocycles. The third-order valence-corrected chi connectivity index (χ3v) is 11.5. The van der Waals surface area contributed by atoms with Gasteiger partial charge in [0.1, 0.15) is 42.3 Å². The topological polar surface area (TPSA) is 162 Å². The highest BCUT2D eigenvalue weighted by Gasteiger charge is 2.65. The van der Waals surface area contributed by atoms with E-state index < -0.39 is 34.6 Å².